The SMILES string of the molecule is Fc1c(C#Cc2ccccc2)c(C#Cc2ccccc2)c(F)c(C(F)(F)F)c1C(F)(F)F. The largest absolute Gasteiger partial charge is 0.419 e. The number of hydrogen-bond donors (Lipinski definition) is 0. The Morgan fingerprint density at radius 1 is 0.469 bits per heavy atom. The zero-order valence-corrected chi connectivity index (χ0v) is 15.8. The fraction of sp³-hybridized carbons (Fsp3) is 0.0833. The van der Waals surface area contributed by atoms with Crippen LogP contribution in [0, 0.1) is 35.3 Å². The van der Waals surface area contributed by atoms with Gasteiger partial charge in [0.1, 0.15) is 11.1 Å². The molecule has 0 spiro atoms. The van der Waals surface area contributed by atoms with E-state index in [0.29, 0.717) is 0 Å². The highest BCUT2D eigenvalue weighted by Gasteiger charge is 2.49. The zero-order chi connectivity index (χ0) is 23.5. The van der Waals surface area contributed by atoms with Crippen molar-refractivity contribution < 1.29 is 35.1 Å². The summed E-state index contributed by atoms with van der Waals surface area (Å²) in [7, 11) is 0. The molecule has 0 aliphatic rings. The van der Waals surface area contributed by atoms with Gasteiger partial charge in [-0.25, -0.2) is 8.78 Å². The molecule has 0 fully saturated rings. The monoisotopic (exact) mass is 450 g/mol. The van der Waals surface area contributed by atoms with E-state index in [1.165, 1.54) is 48.5 Å². The molecule has 0 atom stereocenters. The van der Waals surface area contributed by atoms with E-state index < -0.39 is 46.2 Å². The molecule has 3 aromatic rings. The van der Waals surface area contributed by atoms with Crippen molar-refractivity contribution in [3.05, 3.63) is 106 Å². The van der Waals surface area contributed by atoms with E-state index >= 15 is 0 Å². The van der Waals surface area contributed by atoms with Crippen LogP contribution in [0.15, 0.2) is 60.7 Å². The van der Waals surface area contributed by atoms with Gasteiger partial charge in [-0.1, -0.05) is 60.1 Å². The first kappa shape index (κ1) is 22.9. The molecular weight excluding hydrogens is 440 g/mol. The Labute approximate surface area is 177 Å². The first-order valence-electron chi connectivity index (χ1n) is 8.83. The fourth-order valence-electron chi connectivity index (χ4n) is 2.77. The van der Waals surface area contributed by atoms with E-state index in [1.807, 2.05) is 11.8 Å². The van der Waals surface area contributed by atoms with E-state index in [2.05, 4.69) is 11.8 Å². The van der Waals surface area contributed by atoms with Gasteiger partial charge in [0, 0.05) is 11.1 Å². The Balaban J connectivity index is 2.39. The number of alkyl halides is 6. The molecule has 8 heteroatoms. The van der Waals surface area contributed by atoms with Crippen molar-refractivity contribution in [2.45, 2.75) is 12.4 Å². The molecule has 3 rings (SSSR count). The lowest BCUT2D eigenvalue weighted by Gasteiger charge is -2.19. The maximum Gasteiger partial charge on any atom is 0.419 e. The van der Waals surface area contributed by atoms with Crippen molar-refractivity contribution in [2.75, 3.05) is 0 Å². The van der Waals surface area contributed by atoms with E-state index in [1.54, 1.807) is 12.1 Å². The quantitative estimate of drug-likeness (QED) is 0.261. The van der Waals surface area contributed by atoms with Crippen molar-refractivity contribution in [3.8, 4) is 23.7 Å². The molecule has 162 valence electrons. The Morgan fingerprint density at radius 2 is 0.781 bits per heavy atom. The highest BCUT2D eigenvalue weighted by Crippen LogP contribution is 2.45. The van der Waals surface area contributed by atoms with Crippen molar-refractivity contribution in [2.24, 2.45) is 0 Å². The van der Waals surface area contributed by atoms with Gasteiger partial charge in [-0.2, -0.15) is 26.3 Å². The van der Waals surface area contributed by atoms with Gasteiger partial charge >= 0.3 is 12.4 Å². The lowest BCUT2D eigenvalue weighted by molar-refractivity contribution is -0.165. The van der Waals surface area contributed by atoms with E-state index in [9.17, 15) is 35.1 Å². The first-order valence-corrected chi connectivity index (χ1v) is 8.83. The standard InChI is InChI=1S/C24H10F8/c25-21-17(13-11-15-7-3-1-4-8-15)18(14-12-16-9-5-2-6-10-16)22(26)20(24(30,31)32)19(21)23(27,28)29/h1-10H. The maximum absolute atomic E-state index is 14.9. The third-order valence-electron chi connectivity index (χ3n) is 4.16. The van der Waals surface area contributed by atoms with Crippen molar-refractivity contribution in [1.82, 2.24) is 0 Å². The van der Waals surface area contributed by atoms with Crippen LogP contribution >= 0.6 is 0 Å². The number of hydrogen-bond acceptors (Lipinski definition) is 0. The van der Waals surface area contributed by atoms with Crippen molar-refractivity contribution in [1.29, 1.82) is 0 Å². The highest BCUT2D eigenvalue weighted by atomic mass is 19.4. The smallest absolute Gasteiger partial charge is 0.205 e. The molecule has 0 amide bonds. The number of benzene rings is 3. The van der Waals surface area contributed by atoms with Crippen LogP contribution in [-0.2, 0) is 12.4 Å². The molecule has 3 aromatic carbocycles. The number of rotatable bonds is 0. The van der Waals surface area contributed by atoms with Gasteiger partial charge in [-0.05, 0) is 24.3 Å². The summed E-state index contributed by atoms with van der Waals surface area (Å²) in [5.41, 5.74) is -7.52. The first-order chi connectivity index (χ1) is 15.0. The van der Waals surface area contributed by atoms with Crippen LogP contribution in [0.3, 0.4) is 0 Å². The fourth-order valence-corrected chi connectivity index (χ4v) is 2.77. The third kappa shape index (κ3) is 4.92. The molecule has 0 saturated heterocycles. The molecule has 0 aromatic heterocycles. The van der Waals surface area contributed by atoms with Gasteiger partial charge in [0.2, 0.25) is 0 Å². The summed E-state index contributed by atoms with van der Waals surface area (Å²) in [4.78, 5) is 0. The molecule has 0 radical (unpaired) electrons. The second-order valence-electron chi connectivity index (χ2n) is 6.36. The molecule has 0 N–H and O–H groups in total. The molecule has 32 heavy (non-hydrogen) atoms. The Bertz CT molecular complexity index is 1150. The maximum atomic E-state index is 14.9. The van der Waals surface area contributed by atoms with Crippen LogP contribution in [0.25, 0.3) is 0 Å². The Hall–Kier alpha value is -3.78. The molecule has 0 saturated carbocycles. The highest BCUT2D eigenvalue weighted by molar-refractivity contribution is 5.60. The summed E-state index contributed by atoms with van der Waals surface area (Å²) in [5.74, 6) is 4.04. The predicted molar refractivity (Wildman–Crippen MR) is 101 cm³/mol. The average molecular weight is 450 g/mol. The minimum Gasteiger partial charge on any atom is -0.205 e. The minimum absolute atomic E-state index is 0.225. The topological polar surface area (TPSA) is 0 Å². The van der Waals surface area contributed by atoms with E-state index in [4.69, 9.17) is 0 Å². The van der Waals surface area contributed by atoms with Gasteiger partial charge in [-0.3, -0.25) is 0 Å². The minimum atomic E-state index is -5.83. The number of halogens is 8. The van der Waals surface area contributed by atoms with Crippen molar-refractivity contribution >= 4 is 0 Å². The molecule has 0 bridgehead atoms. The second-order valence-corrected chi connectivity index (χ2v) is 6.36. The van der Waals surface area contributed by atoms with Crippen LogP contribution in [-0.4, -0.2) is 0 Å². The normalized spacial score (nSPS) is 11.2. The van der Waals surface area contributed by atoms with Gasteiger partial charge in [0.25, 0.3) is 0 Å². The predicted octanol–water partition coefficient (Wildman–Crippen LogP) is 6.80. The molecule has 0 aliphatic carbocycles. The summed E-state index contributed by atoms with van der Waals surface area (Å²) < 4.78 is 110. The molecule has 0 nitrogen and oxygen atoms in total. The Kier molecular flexibility index (Phi) is 6.27. The lowest BCUT2D eigenvalue weighted by atomic mass is 9.95. The second kappa shape index (κ2) is 8.76. The Morgan fingerprint density at radius 3 is 1.06 bits per heavy atom. The van der Waals surface area contributed by atoms with Crippen LogP contribution < -0.4 is 0 Å². The van der Waals surface area contributed by atoms with Gasteiger partial charge in [-0.15, -0.1) is 0 Å². The molecular formula is C24H10F8. The van der Waals surface area contributed by atoms with Crippen LogP contribution in [0.2, 0.25) is 0 Å². The van der Waals surface area contributed by atoms with Crippen molar-refractivity contribution in [3.63, 3.8) is 0 Å². The average Bonchev–Trinajstić information content (AvgIpc) is 2.72. The van der Waals surface area contributed by atoms with E-state index in [0.717, 1.165) is 0 Å². The summed E-state index contributed by atoms with van der Waals surface area (Å²) in [5, 5.41) is 0. The summed E-state index contributed by atoms with van der Waals surface area (Å²) in [6.45, 7) is 0. The van der Waals surface area contributed by atoms with E-state index in [-0.39, 0.29) is 11.1 Å². The van der Waals surface area contributed by atoms with Gasteiger partial charge in [0.15, 0.2) is 11.6 Å². The van der Waals surface area contributed by atoms with Crippen LogP contribution in [0.4, 0.5) is 35.1 Å². The van der Waals surface area contributed by atoms with Gasteiger partial charge in [0.05, 0.1) is 11.1 Å². The molecule has 0 heterocycles. The molecule has 0 aliphatic heterocycles. The van der Waals surface area contributed by atoms with Crippen LogP contribution in [0.5, 0.6) is 0 Å². The molecule has 0 unspecified atom stereocenters. The van der Waals surface area contributed by atoms with Crippen LogP contribution in [0.1, 0.15) is 33.4 Å². The summed E-state index contributed by atoms with van der Waals surface area (Å²) >= 11 is 0. The lowest BCUT2D eigenvalue weighted by Crippen LogP contribution is -2.23. The summed E-state index contributed by atoms with van der Waals surface area (Å²) in [6.07, 6.45) is -11.7. The third-order valence-corrected chi connectivity index (χ3v) is 4.16. The summed E-state index contributed by atoms with van der Waals surface area (Å²) in [6, 6.07) is 15.1. The van der Waals surface area contributed by atoms with Gasteiger partial charge < -0.3 is 0 Å². The zero-order valence-electron chi connectivity index (χ0n) is 15.8.